The predicted octanol–water partition coefficient (Wildman–Crippen LogP) is 4.30. The molecule has 0 saturated heterocycles. The molecule has 0 aliphatic carbocycles. The van der Waals surface area contributed by atoms with Crippen LogP contribution in [0.2, 0.25) is 10.4 Å². The van der Waals surface area contributed by atoms with Crippen LogP contribution >= 0.6 is 61.7 Å². The van der Waals surface area contributed by atoms with E-state index >= 15 is 0 Å². The highest BCUT2D eigenvalue weighted by atomic mass is 127. The summed E-state index contributed by atoms with van der Waals surface area (Å²) in [5.41, 5.74) is 0.752. The van der Waals surface area contributed by atoms with E-state index in [1.165, 1.54) is 0 Å². The van der Waals surface area contributed by atoms with Crippen molar-refractivity contribution in [1.82, 2.24) is 9.97 Å². The van der Waals surface area contributed by atoms with Gasteiger partial charge in [0.2, 0.25) is 5.28 Å². The third-order valence-corrected chi connectivity index (χ3v) is 4.41. The number of nitrogens with zero attached hydrogens (tertiary/aromatic N) is 2. The van der Waals surface area contributed by atoms with Gasteiger partial charge in [-0.15, -0.1) is 0 Å². The molecule has 0 radical (unpaired) electrons. The molecule has 0 saturated carbocycles. The van der Waals surface area contributed by atoms with E-state index in [1.807, 2.05) is 12.1 Å². The quantitative estimate of drug-likeness (QED) is 0.372. The number of halogens is 4. The van der Waals surface area contributed by atoms with Gasteiger partial charge in [-0.05, 0) is 62.3 Å². The first-order valence-electron chi connectivity index (χ1n) is 3.56. The average molecular weight is 404 g/mol. The molecular weight excluding hydrogens is 402 g/mol. The van der Waals surface area contributed by atoms with E-state index in [0.717, 1.165) is 18.9 Å². The van der Waals surface area contributed by atoms with Gasteiger partial charge in [-0.2, -0.15) is 0 Å². The average Bonchev–Trinajstić information content (AvgIpc) is 2.08. The number of fused-ring (bicyclic) bond motifs is 1. The molecule has 0 amide bonds. The summed E-state index contributed by atoms with van der Waals surface area (Å²) in [5.74, 6) is 0. The first kappa shape index (κ1) is 10.9. The van der Waals surface area contributed by atoms with Crippen LogP contribution in [-0.2, 0) is 0 Å². The van der Waals surface area contributed by atoms with Crippen LogP contribution in [0.1, 0.15) is 0 Å². The predicted molar refractivity (Wildman–Crippen MR) is 70.0 cm³/mol. The molecule has 1 aromatic carbocycles. The minimum absolute atomic E-state index is 0.167. The van der Waals surface area contributed by atoms with Gasteiger partial charge in [0.15, 0.2) is 0 Å². The van der Waals surface area contributed by atoms with E-state index in [2.05, 4.69) is 48.5 Å². The summed E-state index contributed by atoms with van der Waals surface area (Å²) in [6.45, 7) is 0. The van der Waals surface area contributed by atoms with Crippen molar-refractivity contribution < 1.29 is 0 Å². The molecule has 1 aromatic heterocycles. The zero-order valence-corrected chi connectivity index (χ0v) is 11.8. The van der Waals surface area contributed by atoms with Gasteiger partial charge < -0.3 is 0 Å². The summed E-state index contributed by atoms with van der Waals surface area (Å²) >= 11 is 17.2. The molecule has 6 heteroatoms. The SMILES string of the molecule is Clc1nc(Cl)c2cc(Br)c(I)cc2n1. The second-order valence-electron chi connectivity index (χ2n) is 2.57. The number of hydrogen-bond acceptors (Lipinski definition) is 2. The highest BCUT2D eigenvalue weighted by molar-refractivity contribution is 14.1. The van der Waals surface area contributed by atoms with Crippen molar-refractivity contribution >= 4 is 72.6 Å². The molecule has 14 heavy (non-hydrogen) atoms. The van der Waals surface area contributed by atoms with E-state index in [0.29, 0.717) is 5.15 Å². The summed E-state index contributed by atoms with van der Waals surface area (Å²) in [6.07, 6.45) is 0. The fraction of sp³-hybridized carbons (Fsp3) is 0. The fourth-order valence-electron chi connectivity index (χ4n) is 1.06. The molecule has 0 spiro atoms. The zero-order chi connectivity index (χ0) is 10.3. The monoisotopic (exact) mass is 402 g/mol. The van der Waals surface area contributed by atoms with E-state index in [9.17, 15) is 0 Å². The Kier molecular flexibility index (Phi) is 3.16. The Balaban J connectivity index is 2.89. The molecule has 2 rings (SSSR count). The minimum Gasteiger partial charge on any atom is -0.218 e. The lowest BCUT2D eigenvalue weighted by Crippen LogP contribution is -1.88. The molecule has 0 unspecified atom stereocenters. The lowest BCUT2D eigenvalue weighted by Gasteiger charge is -2.02. The van der Waals surface area contributed by atoms with Crippen LogP contribution in [-0.4, -0.2) is 9.97 Å². The van der Waals surface area contributed by atoms with Crippen LogP contribution in [0.5, 0.6) is 0 Å². The Morgan fingerprint density at radius 3 is 2.64 bits per heavy atom. The van der Waals surface area contributed by atoms with Gasteiger partial charge in [0.1, 0.15) is 5.15 Å². The second-order valence-corrected chi connectivity index (χ2v) is 5.28. The molecule has 0 aliphatic rings. The first-order chi connectivity index (χ1) is 6.58. The Morgan fingerprint density at radius 1 is 1.21 bits per heavy atom. The Hall–Kier alpha value is 0.350. The summed E-state index contributed by atoms with van der Waals surface area (Å²) in [5, 5.41) is 1.33. The Labute approximate surface area is 112 Å². The van der Waals surface area contributed by atoms with Crippen LogP contribution in [0.25, 0.3) is 10.9 Å². The molecule has 1 heterocycles. The van der Waals surface area contributed by atoms with Gasteiger partial charge in [-0.25, -0.2) is 9.97 Å². The van der Waals surface area contributed by atoms with Crippen molar-refractivity contribution in [1.29, 1.82) is 0 Å². The summed E-state index contributed by atoms with van der Waals surface area (Å²) in [6, 6.07) is 3.79. The number of hydrogen-bond donors (Lipinski definition) is 0. The smallest absolute Gasteiger partial charge is 0.218 e. The Morgan fingerprint density at radius 2 is 1.93 bits per heavy atom. The number of aromatic nitrogens is 2. The largest absolute Gasteiger partial charge is 0.224 e. The Bertz CT molecular complexity index is 518. The third kappa shape index (κ3) is 1.98. The third-order valence-electron chi connectivity index (χ3n) is 1.66. The zero-order valence-electron chi connectivity index (χ0n) is 6.56. The summed E-state index contributed by atoms with van der Waals surface area (Å²) < 4.78 is 2.03. The molecule has 0 bridgehead atoms. The first-order valence-corrected chi connectivity index (χ1v) is 6.18. The van der Waals surface area contributed by atoms with Crippen LogP contribution in [0.4, 0.5) is 0 Å². The van der Waals surface area contributed by atoms with Crippen LogP contribution in [0.15, 0.2) is 16.6 Å². The highest BCUT2D eigenvalue weighted by Gasteiger charge is 2.07. The van der Waals surface area contributed by atoms with Crippen LogP contribution < -0.4 is 0 Å². The van der Waals surface area contributed by atoms with Crippen molar-refractivity contribution in [3.63, 3.8) is 0 Å². The van der Waals surface area contributed by atoms with E-state index in [1.54, 1.807) is 0 Å². The van der Waals surface area contributed by atoms with Crippen molar-refractivity contribution in [2.24, 2.45) is 0 Å². The van der Waals surface area contributed by atoms with Gasteiger partial charge >= 0.3 is 0 Å². The maximum atomic E-state index is 5.93. The van der Waals surface area contributed by atoms with Crippen molar-refractivity contribution in [2.45, 2.75) is 0 Å². The lowest BCUT2D eigenvalue weighted by atomic mass is 10.2. The van der Waals surface area contributed by atoms with Gasteiger partial charge in [-0.3, -0.25) is 0 Å². The van der Waals surface area contributed by atoms with E-state index in [4.69, 9.17) is 23.2 Å². The number of benzene rings is 1. The summed E-state index contributed by atoms with van der Waals surface area (Å²) in [7, 11) is 0. The minimum atomic E-state index is 0.167. The maximum Gasteiger partial charge on any atom is 0.224 e. The van der Waals surface area contributed by atoms with Crippen LogP contribution in [0.3, 0.4) is 0 Å². The molecule has 0 atom stereocenters. The van der Waals surface area contributed by atoms with Gasteiger partial charge in [0.05, 0.1) is 5.52 Å². The molecule has 0 N–H and O–H groups in total. The molecule has 2 aromatic rings. The van der Waals surface area contributed by atoms with Gasteiger partial charge in [-0.1, -0.05) is 11.6 Å². The molecule has 72 valence electrons. The van der Waals surface area contributed by atoms with Crippen LogP contribution in [0, 0.1) is 3.57 Å². The molecule has 0 fully saturated rings. The normalized spacial score (nSPS) is 10.9. The molecule has 0 aliphatic heterocycles. The maximum absolute atomic E-state index is 5.93. The van der Waals surface area contributed by atoms with Crippen molar-refractivity contribution in [3.05, 3.63) is 30.6 Å². The van der Waals surface area contributed by atoms with Crippen molar-refractivity contribution in [2.75, 3.05) is 0 Å². The highest BCUT2D eigenvalue weighted by Crippen LogP contribution is 2.28. The van der Waals surface area contributed by atoms with E-state index in [-0.39, 0.29) is 5.28 Å². The second kappa shape index (κ2) is 4.08. The topological polar surface area (TPSA) is 25.8 Å². The van der Waals surface area contributed by atoms with E-state index < -0.39 is 0 Å². The summed E-state index contributed by atoms with van der Waals surface area (Å²) in [4.78, 5) is 7.95. The fourth-order valence-corrected chi connectivity index (χ4v) is 2.30. The van der Waals surface area contributed by atoms with Gasteiger partial charge in [0.25, 0.3) is 0 Å². The molecular formula is C8H2BrCl2IN2. The number of rotatable bonds is 0. The van der Waals surface area contributed by atoms with Gasteiger partial charge in [0, 0.05) is 13.4 Å². The van der Waals surface area contributed by atoms with Crippen molar-refractivity contribution in [3.8, 4) is 0 Å². The molecule has 2 nitrogen and oxygen atoms in total. The standard InChI is InChI=1S/C8H2BrCl2IN2/c9-4-1-3-6(2-5(4)12)13-8(11)14-7(3)10/h1-2H. The lowest BCUT2D eigenvalue weighted by molar-refractivity contribution is 1.22.